The average molecular weight is 224 g/mol. The Morgan fingerprint density at radius 1 is 1.56 bits per heavy atom. The van der Waals surface area contributed by atoms with Crippen LogP contribution in [0.1, 0.15) is 5.56 Å². The molecule has 5 nitrogen and oxygen atoms in total. The standard InChI is InChI=1S/C11H16N2O3/c1-8-4-3-5-9(6-8)15-7-10(12)11(14)16-13-2/h3-6,10,13H,7,12H2,1-2H3/t10-/m0/s1. The van der Waals surface area contributed by atoms with Gasteiger partial charge >= 0.3 is 5.97 Å². The summed E-state index contributed by atoms with van der Waals surface area (Å²) in [6.07, 6.45) is 0. The fourth-order valence-corrected chi connectivity index (χ4v) is 1.14. The number of hydroxylamine groups is 1. The minimum Gasteiger partial charge on any atom is -0.491 e. The quantitative estimate of drug-likeness (QED) is 0.707. The Morgan fingerprint density at radius 3 is 2.94 bits per heavy atom. The molecule has 0 saturated carbocycles. The number of hydrogen-bond donors (Lipinski definition) is 2. The molecule has 0 aliphatic rings. The number of aryl methyl sites for hydroxylation is 1. The van der Waals surface area contributed by atoms with Gasteiger partial charge in [0.1, 0.15) is 18.4 Å². The largest absolute Gasteiger partial charge is 0.491 e. The Hall–Kier alpha value is -1.59. The first kappa shape index (κ1) is 12.5. The lowest BCUT2D eigenvalue weighted by Gasteiger charge is -2.11. The van der Waals surface area contributed by atoms with E-state index in [1.54, 1.807) is 0 Å². The highest BCUT2D eigenvalue weighted by Gasteiger charge is 2.15. The van der Waals surface area contributed by atoms with Gasteiger partial charge in [0, 0.05) is 7.05 Å². The van der Waals surface area contributed by atoms with Crippen LogP contribution in [0, 0.1) is 6.92 Å². The molecule has 0 radical (unpaired) electrons. The zero-order valence-electron chi connectivity index (χ0n) is 9.40. The molecular weight excluding hydrogens is 208 g/mol. The lowest BCUT2D eigenvalue weighted by Crippen LogP contribution is -2.39. The van der Waals surface area contributed by atoms with E-state index in [0.29, 0.717) is 5.75 Å². The second-order valence-corrected chi connectivity index (χ2v) is 3.36. The van der Waals surface area contributed by atoms with Crippen molar-refractivity contribution in [3.63, 3.8) is 0 Å². The number of rotatable bonds is 5. The van der Waals surface area contributed by atoms with Gasteiger partial charge in [0.25, 0.3) is 0 Å². The lowest BCUT2D eigenvalue weighted by atomic mass is 10.2. The third-order valence-electron chi connectivity index (χ3n) is 1.92. The number of carbonyl (C=O) groups is 1. The maximum atomic E-state index is 11.1. The molecule has 1 rings (SSSR count). The number of hydrogen-bond acceptors (Lipinski definition) is 5. The molecule has 5 heteroatoms. The van der Waals surface area contributed by atoms with E-state index < -0.39 is 12.0 Å². The van der Waals surface area contributed by atoms with Crippen molar-refractivity contribution in [3.05, 3.63) is 29.8 Å². The Balaban J connectivity index is 2.42. The fraction of sp³-hybridized carbons (Fsp3) is 0.364. The maximum absolute atomic E-state index is 11.1. The first-order valence-electron chi connectivity index (χ1n) is 4.96. The van der Waals surface area contributed by atoms with Gasteiger partial charge in [-0.15, -0.1) is 0 Å². The van der Waals surface area contributed by atoms with Crippen molar-refractivity contribution in [2.75, 3.05) is 13.7 Å². The molecule has 1 aromatic rings. The number of nitrogens with two attached hydrogens (primary N) is 1. The van der Waals surface area contributed by atoms with Gasteiger partial charge in [0.15, 0.2) is 0 Å². The summed E-state index contributed by atoms with van der Waals surface area (Å²) in [5.41, 5.74) is 8.91. The summed E-state index contributed by atoms with van der Waals surface area (Å²) in [4.78, 5) is 15.7. The van der Waals surface area contributed by atoms with Gasteiger partial charge < -0.3 is 15.3 Å². The Kier molecular flexibility index (Phi) is 4.75. The van der Waals surface area contributed by atoms with Crippen LogP contribution in [0.15, 0.2) is 24.3 Å². The van der Waals surface area contributed by atoms with Gasteiger partial charge in [-0.2, -0.15) is 5.48 Å². The van der Waals surface area contributed by atoms with Crippen molar-refractivity contribution in [1.82, 2.24) is 5.48 Å². The van der Waals surface area contributed by atoms with Crippen molar-refractivity contribution in [1.29, 1.82) is 0 Å². The predicted molar refractivity (Wildman–Crippen MR) is 59.8 cm³/mol. The smallest absolute Gasteiger partial charge is 0.345 e. The maximum Gasteiger partial charge on any atom is 0.345 e. The van der Waals surface area contributed by atoms with Crippen LogP contribution in [0.25, 0.3) is 0 Å². The molecule has 0 bridgehead atoms. The monoisotopic (exact) mass is 224 g/mol. The van der Waals surface area contributed by atoms with Crippen LogP contribution >= 0.6 is 0 Å². The first-order valence-corrected chi connectivity index (χ1v) is 4.96. The molecule has 1 atom stereocenters. The van der Waals surface area contributed by atoms with E-state index in [0.717, 1.165) is 5.56 Å². The van der Waals surface area contributed by atoms with Crippen molar-refractivity contribution in [3.8, 4) is 5.75 Å². The third kappa shape index (κ3) is 3.88. The van der Waals surface area contributed by atoms with E-state index in [2.05, 4.69) is 10.3 Å². The summed E-state index contributed by atoms with van der Waals surface area (Å²) in [7, 11) is 1.49. The molecule has 88 valence electrons. The highest BCUT2D eigenvalue weighted by atomic mass is 16.7. The van der Waals surface area contributed by atoms with Crippen LogP contribution < -0.4 is 16.0 Å². The molecule has 3 N–H and O–H groups in total. The van der Waals surface area contributed by atoms with Crippen LogP contribution in [-0.4, -0.2) is 25.7 Å². The average Bonchev–Trinajstić information content (AvgIpc) is 2.26. The third-order valence-corrected chi connectivity index (χ3v) is 1.92. The number of nitrogens with one attached hydrogen (secondary N) is 1. The first-order chi connectivity index (χ1) is 7.63. The highest BCUT2D eigenvalue weighted by Crippen LogP contribution is 2.12. The van der Waals surface area contributed by atoms with Gasteiger partial charge in [-0.05, 0) is 24.6 Å². The molecule has 0 heterocycles. The van der Waals surface area contributed by atoms with E-state index in [9.17, 15) is 4.79 Å². The molecular formula is C11H16N2O3. The highest BCUT2D eigenvalue weighted by molar-refractivity contribution is 5.75. The normalized spacial score (nSPS) is 11.9. The molecule has 0 saturated heterocycles. The van der Waals surface area contributed by atoms with Crippen LogP contribution in [0.4, 0.5) is 0 Å². The van der Waals surface area contributed by atoms with E-state index in [1.165, 1.54) is 7.05 Å². The summed E-state index contributed by atoms with van der Waals surface area (Å²) < 4.78 is 5.36. The summed E-state index contributed by atoms with van der Waals surface area (Å²) in [5, 5.41) is 0. The Morgan fingerprint density at radius 2 is 2.31 bits per heavy atom. The Labute approximate surface area is 94.5 Å². The zero-order valence-corrected chi connectivity index (χ0v) is 9.40. The molecule has 0 amide bonds. The summed E-state index contributed by atoms with van der Waals surface area (Å²) in [6, 6.07) is 6.72. The van der Waals surface area contributed by atoms with Gasteiger partial charge in [0.05, 0.1) is 0 Å². The summed E-state index contributed by atoms with van der Waals surface area (Å²) in [6.45, 7) is 2.05. The second kappa shape index (κ2) is 6.09. The molecule has 0 aliphatic carbocycles. The fourth-order valence-electron chi connectivity index (χ4n) is 1.14. The van der Waals surface area contributed by atoms with Crippen molar-refractivity contribution >= 4 is 5.97 Å². The van der Waals surface area contributed by atoms with Gasteiger partial charge in [-0.1, -0.05) is 12.1 Å². The van der Waals surface area contributed by atoms with Gasteiger partial charge in [-0.3, -0.25) is 0 Å². The molecule has 1 aromatic carbocycles. The predicted octanol–water partition coefficient (Wildman–Crippen LogP) is 0.379. The van der Waals surface area contributed by atoms with E-state index in [4.69, 9.17) is 10.5 Å². The van der Waals surface area contributed by atoms with Crippen LogP contribution in [0.5, 0.6) is 5.75 Å². The molecule has 16 heavy (non-hydrogen) atoms. The number of benzene rings is 1. The Bertz CT molecular complexity index is 355. The minimum absolute atomic E-state index is 0.0873. The van der Waals surface area contributed by atoms with Crippen LogP contribution in [0.2, 0.25) is 0 Å². The minimum atomic E-state index is -0.798. The SMILES string of the molecule is CNOC(=O)[C@@H](N)COc1cccc(C)c1. The number of carbonyl (C=O) groups excluding carboxylic acids is 1. The van der Waals surface area contributed by atoms with Crippen LogP contribution in [-0.2, 0) is 9.63 Å². The molecule has 0 aliphatic heterocycles. The van der Waals surface area contributed by atoms with Crippen molar-refractivity contribution in [2.24, 2.45) is 5.73 Å². The lowest BCUT2D eigenvalue weighted by molar-refractivity contribution is -0.152. The molecule has 0 aromatic heterocycles. The van der Waals surface area contributed by atoms with Gasteiger partial charge in [-0.25, -0.2) is 4.79 Å². The van der Waals surface area contributed by atoms with Crippen molar-refractivity contribution in [2.45, 2.75) is 13.0 Å². The number of ether oxygens (including phenoxy) is 1. The van der Waals surface area contributed by atoms with E-state index >= 15 is 0 Å². The second-order valence-electron chi connectivity index (χ2n) is 3.36. The zero-order chi connectivity index (χ0) is 12.0. The van der Waals surface area contributed by atoms with E-state index in [1.807, 2.05) is 31.2 Å². The topological polar surface area (TPSA) is 73.6 Å². The van der Waals surface area contributed by atoms with Gasteiger partial charge in [0.2, 0.25) is 0 Å². The molecule has 0 spiro atoms. The summed E-state index contributed by atoms with van der Waals surface area (Å²) in [5.74, 6) is 0.142. The van der Waals surface area contributed by atoms with E-state index in [-0.39, 0.29) is 6.61 Å². The molecule has 0 fully saturated rings. The van der Waals surface area contributed by atoms with Crippen molar-refractivity contribution < 1.29 is 14.4 Å². The molecule has 0 unspecified atom stereocenters. The van der Waals surface area contributed by atoms with Crippen LogP contribution in [0.3, 0.4) is 0 Å². The summed E-state index contributed by atoms with van der Waals surface area (Å²) >= 11 is 0.